The minimum absolute atomic E-state index is 0.0347. The molecule has 6 heteroatoms. The predicted octanol–water partition coefficient (Wildman–Crippen LogP) is 1.59. The molecule has 0 bridgehead atoms. The molecule has 0 heterocycles. The number of benzene rings is 1. The summed E-state index contributed by atoms with van der Waals surface area (Å²) >= 11 is 0. The lowest BCUT2D eigenvalue weighted by Gasteiger charge is -2.20. The third-order valence-corrected chi connectivity index (χ3v) is 2.61. The fourth-order valence-electron chi connectivity index (χ4n) is 1.67. The number of hydrogen-bond acceptors (Lipinski definition) is 5. The van der Waals surface area contributed by atoms with Gasteiger partial charge in [-0.3, -0.25) is 14.9 Å². The molecule has 22 heavy (non-hydrogen) atoms. The number of nitrogens with one attached hydrogen (secondary N) is 1. The van der Waals surface area contributed by atoms with Crippen LogP contribution in [0.2, 0.25) is 0 Å². The summed E-state index contributed by atoms with van der Waals surface area (Å²) in [6, 6.07) is 8.48. The number of hydrogen-bond donors (Lipinski definition) is 2. The molecule has 0 aliphatic heterocycles. The number of ether oxygens (including phenoxy) is 2. The summed E-state index contributed by atoms with van der Waals surface area (Å²) in [4.78, 5) is 22.7. The van der Waals surface area contributed by atoms with Crippen molar-refractivity contribution < 1.29 is 24.2 Å². The van der Waals surface area contributed by atoms with Crippen molar-refractivity contribution >= 4 is 11.9 Å². The Morgan fingerprint density at radius 2 is 1.86 bits per heavy atom. The molecule has 1 rings (SSSR count). The van der Waals surface area contributed by atoms with Crippen molar-refractivity contribution in [1.29, 1.82) is 0 Å². The molecule has 2 N–H and O–H groups in total. The lowest BCUT2D eigenvalue weighted by Crippen LogP contribution is -2.44. The first-order valence-corrected chi connectivity index (χ1v) is 7.07. The Bertz CT molecular complexity index is 481. The Morgan fingerprint density at radius 1 is 1.23 bits per heavy atom. The molecular weight excluding hydrogens is 286 g/mol. The van der Waals surface area contributed by atoms with E-state index in [4.69, 9.17) is 14.6 Å². The van der Waals surface area contributed by atoms with Crippen LogP contribution in [0.5, 0.6) is 0 Å². The number of carboxylic acids is 1. The quantitative estimate of drug-likeness (QED) is 0.709. The summed E-state index contributed by atoms with van der Waals surface area (Å²) in [7, 11) is 0. The average Bonchev–Trinajstić information content (AvgIpc) is 2.41. The van der Waals surface area contributed by atoms with Gasteiger partial charge in [0.2, 0.25) is 0 Å². The largest absolute Gasteiger partial charge is 0.480 e. The molecule has 0 amide bonds. The van der Waals surface area contributed by atoms with Gasteiger partial charge in [0.25, 0.3) is 0 Å². The highest BCUT2D eigenvalue weighted by atomic mass is 16.6. The standard InChI is InChI=1S/C16H23NO5/c1-16(2,3)22-14(18)9-17-13(15(19)20)11-21-10-12-7-5-4-6-8-12/h4-8,13,17H,9-11H2,1-3H3,(H,19,20)/t13-/m1/s1. The molecule has 0 aliphatic rings. The Kier molecular flexibility index (Phi) is 7.01. The second-order valence-corrected chi connectivity index (χ2v) is 5.86. The minimum atomic E-state index is -1.07. The summed E-state index contributed by atoms with van der Waals surface area (Å²) in [5, 5.41) is 11.8. The summed E-state index contributed by atoms with van der Waals surface area (Å²) in [5.74, 6) is -1.57. The molecular formula is C16H23NO5. The Balaban J connectivity index is 2.36. The molecule has 0 aliphatic carbocycles. The van der Waals surface area contributed by atoms with Gasteiger partial charge in [-0.05, 0) is 26.3 Å². The van der Waals surface area contributed by atoms with Crippen LogP contribution in [-0.4, -0.2) is 41.8 Å². The first-order valence-electron chi connectivity index (χ1n) is 7.07. The molecule has 6 nitrogen and oxygen atoms in total. The number of esters is 1. The zero-order valence-corrected chi connectivity index (χ0v) is 13.2. The number of carbonyl (C=O) groups excluding carboxylic acids is 1. The van der Waals surface area contributed by atoms with Gasteiger partial charge < -0.3 is 14.6 Å². The van der Waals surface area contributed by atoms with Gasteiger partial charge in [-0.1, -0.05) is 30.3 Å². The van der Waals surface area contributed by atoms with E-state index in [1.807, 2.05) is 30.3 Å². The van der Waals surface area contributed by atoms with Gasteiger partial charge in [-0.2, -0.15) is 0 Å². The van der Waals surface area contributed by atoms with Crippen molar-refractivity contribution in [3.8, 4) is 0 Å². The highest BCUT2D eigenvalue weighted by Crippen LogP contribution is 2.06. The van der Waals surface area contributed by atoms with Crippen molar-refractivity contribution in [2.75, 3.05) is 13.2 Å². The monoisotopic (exact) mass is 309 g/mol. The number of carbonyl (C=O) groups is 2. The van der Waals surface area contributed by atoms with E-state index in [0.717, 1.165) is 5.56 Å². The first-order chi connectivity index (χ1) is 10.3. The highest BCUT2D eigenvalue weighted by molar-refractivity contribution is 5.76. The zero-order chi connectivity index (χ0) is 16.6. The summed E-state index contributed by atoms with van der Waals surface area (Å²) in [6.07, 6.45) is 0. The number of aliphatic carboxylic acids is 1. The fraction of sp³-hybridized carbons (Fsp3) is 0.500. The summed E-state index contributed by atoms with van der Waals surface area (Å²) in [5.41, 5.74) is 0.361. The van der Waals surface area contributed by atoms with Crippen molar-refractivity contribution in [3.63, 3.8) is 0 Å². The van der Waals surface area contributed by atoms with E-state index in [9.17, 15) is 9.59 Å². The van der Waals surface area contributed by atoms with Gasteiger partial charge in [-0.15, -0.1) is 0 Å². The maximum atomic E-state index is 11.6. The van der Waals surface area contributed by atoms with Crippen LogP contribution >= 0.6 is 0 Å². The maximum Gasteiger partial charge on any atom is 0.323 e. The Labute approximate surface area is 130 Å². The van der Waals surface area contributed by atoms with Crippen molar-refractivity contribution in [3.05, 3.63) is 35.9 Å². The lowest BCUT2D eigenvalue weighted by molar-refractivity contribution is -0.154. The molecule has 0 saturated heterocycles. The van der Waals surface area contributed by atoms with Gasteiger partial charge in [0.15, 0.2) is 0 Å². The van der Waals surface area contributed by atoms with Gasteiger partial charge >= 0.3 is 11.9 Å². The van der Waals surface area contributed by atoms with E-state index < -0.39 is 23.6 Å². The second-order valence-electron chi connectivity index (χ2n) is 5.86. The van der Waals surface area contributed by atoms with Gasteiger partial charge in [0.05, 0.1) is 19.8 Å². The molecule has 0 spiro atoms. The average molecular weight is 309 g/mol. The normalized spacial score (nSPS) is 12.7. The summed E-state index contributed by atoms with van der Waals surface area (Å²) < 4.78 is 10.5. The number of rotatable bonds is 8. The smallest absolute Gasteiger partial charge is 0.323 e. The van der Waals surface area contributed by atoms with Gasteiger partial charge in [0.1, 0.15) is 11.6 Å². The van der Waals surface area contributed by atoms with Gasteiger partial charge in [-0.25, -0.2) is 0 Å². The van der Waals surface area contributed by atoms with Crippen LogP contribution in [0.4, 0.5) is 0 Å². The fourth-order valence-corrected chi connectivity index (χ4v) is 1.67. The van der Waals surface area contributed by atoms with Crippen LogP contribution in [0.1, 0.15) is 26.3 Å². The summed E-state index contributed by atoms with van der Waals surface area (Å²) in [6.45, 7) is 5.36. The maximum absolute atomic E-state index is 11.6. The SMILES string of the molecule is CC(C)(C)OC(=O)CN[C@H](COCc1ccccc1)C(=O)O. The van der Waals surface area contributed by atoms with Crippen molar-refractivity contribution in [2.24, 2.45) is 0 Å². The van der Waals surface area contributed by atoms with Crippen LogP contribution in [0.25, 0.3) is 0 Å². The van der Waals surface area contributed by atoms with Crippen molar-refractivity contribution in [1.82, 2.24) is 5.32 Å². The van der Waals surface area contributed by atoms with Crippen LogP contribution in [0.3, 0.4) is 0 Å². The third kappa shape index (κ3) is 7.75. The van der Waals surface area contributed by atoms with Gasteiger partial charge in [0, 0.05) is 0 Å². The van der Waals surface area contributed by atoms with Crippen LogP contribution in [0.15, 0.2) is 30.3 Å². The van der Waals surface area contributed by atoms with E-state index in [-0.39, 0.29) is 13.2 Å². The van der Waals surface area contributed by atoms with Crippen LogP contribution in [-0.2, 0) is 25.7 Å². The number of carboxylic acid groups (broad SMARTS) is 1. The Hall–Kier alpha value is -1.92. The third-order valence-electron chi connectivity index (χ3n) is 2.61. The molecule has 0 radical (unpaired) electrons. The molecule has 1 aromatic carbocycles. The van der Waals surface area contributed by atoms with E-state index in [2.05, 4.69) is 5.32 Å². The highest BCUT2D eigenvalue weighted by Gasteiger charge is 2.21. The van der Waals surface area contributed by atoms with E-state index in [1.165, 1.54) is 0 Å². The van der Waals surface area contributed by atoms with Crippen LogP contribution in [0, 0.1) is 0 Å². The van der Waals surface area contributed by atoms with E-state index >= 15 is 0 Å². The Morgan fingerprint density at radius 3 is 2.41 bits per heavy atom. The lowest BCUT2D eigenvalue weighted by atomic mass is 10.2. The molecule has 122 valence electrons. The van der Waals surface area contributed by atoms with Crippen molar-refractivity contribution in [2.45, 2.75) is 39.0 Å². The molecule has 0 aromatic heterocycles. The van der Waals surface area contributed by atoms with Crippen LogP contribution < -0.4 is 5.32 Å². The molecule has 0 saturated carbocycles. The van der Waals surface area contributed by atoms with E-state index in [1.54, 1.807) is 20.8 Å². The van der Waals surface area contributed by atoms with E-state index in [0.29, 0.717) is 6.61 Å². The molecule has 1 atom stereocenters. The predicted molar refractivity (Wildman–Crippen MR) is 81.4 cm³/mol. The molecule has 0 unspecified atom stereocenters. The zero-order valence-electron chi connectivity index (χ0n) is 13.2. The second kappa shape index (κ2) is 8.51. The minimum Gasteiger partial charge on any atom is -0.480 e. The molecule has 0 fully saturated rings. The first kappa shape index (κ1) is 18.1. The molecule has 1 aromatic rings. The topological polar surface area (TPSA) is 84.9 Å².